The smallest absolute Gasteiger partial charge is 0.305 e. The molecule has 0 heterocycles. The van der Waals surface area contributed by atoms with Gasteiger partial charge in [-0.25, -0.2) is 0 Å². The molecule has 0 aliphatic carbocycles. The van der Waals surface area contributed by atoms with Crippen LogP contribution < -0.4 is 0 Å². The number of carbonyl (C=O) groups excluding carboxylic acids is 1. The third-order valence-corrected chi connectivity index (χ3v) is 1.28. The van der Waals surface area contributed by atoms with Gasteiger partial charge in [0.2, 0.25) is 0 Å². The maximum atomic E-state index is 10.5. The summed E-state index contributed by atoms with van der Waals surface area (Å²) >= 11 is 0. The molecule has 11 heavy (non-hydrogen) atoms. The zero-order valence-corrected chi connectivity index (χ0v) is 6.54. The number of hydrogen-bond donors (Lipinski definition) is 1. The number of hydrogen-bond acceptors (Lipinski definition) is 3. The van der Waals surface area contributed by atoms with Crippen molar-refractivity contribution in [1.82, 2.24) is 0 Å². The van der Waals surface area contributed by atoms with Crippen LogP contribution in [0.25, 0.3) is 0 Å². The molecule has 0 saturated carbocycles. The number of aliphatic hydroxyl groups is 1. The Morgan fingerprint density at radius 3 is 2.91 bits per heavy atom. The van der Waals surface area contributed by atoms with Crippen LogP contribution in [0.5, 0.6) is 0 Å². The van der Waals surface area contributed by atoms with Gasteiger partial charge in [0, 0.05) is 6.42 Å². The highest BCUT2D eigenvalue weighted by Gasteiger charge is 2.02. The fourth-order valence-electron chi connectivity index (χ4n) is 0.625. The lowest BCUT2D eigenvalue weighted by atomic mass is 10.1. The van der Waals surface area contributed by atoms with Crippen LogP contribution in [0.4, 0.5) is 0 Å². The average Bonchev–Trinajstić information content (AvgIpc) is 2.04. The lowest BCUT2D eigenvalue weighted by molar-refractivity contribution is -0.140. The van der Waals surface area contributed by atoms with E-state index in [2.05, 4.69) is 10.7 Å². The Bertz CT molecular complexity index is 157. The lowest BCUT2D eigenvalue weighted by Crippen LogP contribution is -2.05. The second-order valence-electron chi connectivity index (χ2n) is 2.15. The summed E-state index contributed by atoms with van der Waals surface area (Å²) in [6, 6.07) is 0. The van der Waals surface area contributed by atoms with Gasteiger partial charge in [0.15, 0.2) is 0 Å². The van der Waals surface area contributed by atoms with E-state index in [0.29, 0.717) is 19.3 Å². The third-order valence-electron chi connectivity index (χ3n) is 1.28. The molecule has 1 N–H and O–H groups in total. The van der Waals surface area contributed by atoms with Crippen molar-refractivity contribution in [2.75, 3.05) is 7.11 Å². The molecule has 0 aromatic heterocycles. The number of rotatable bonds is 4. The van der Waals surface area contributed by atoms with E-state index in [1.165, 1.54) is 7.11 Å². The Balaban J connectivity index is 3.29. The Hall–Kier alpha value is -1.01. The first-order valence-corrected chi connectivity index (χ1v) is 3.41. The molecule has 0 rings (SSSR count). The maximum absolute atomic E-state index is 10.5. The summed E-state index contributed by atoms with van der Waals surface area (Å²) < 4.78 is 4.39. The van der Waals surface area contributed by atoms with Gasteiger partial charge in [0.25, 0.3) is 0 Å². The van der Waals surface area contributed by atoms with Gasteiger partial charge in [-0.3, -0.25) is 4.79 Å². The van der Waals surface area contributed by atoms with Gasteiger partial charge in [-0.2, -0.15) is 0 Å². The second-order valence-corrected chi connectivity index (χ2v) is 2.15. The summed E-state index contributed by atoms with van der Waals surface area (Å²) in [6.07, 6.45) is 5.50. The van der Waals surface area contributed by atoms with E-state index in [4.69, 9.17) is 11.5 Å². The number of terminal acetylenes is 1. The summed E-state index contributed by atoms with van der Waals surface area (Å²) in [5, 5.41) is 8.86. The molecule has 0 aromatic carbocycles. The number of methoxy groups -OCH3 is 1. The van der Waals surface area contributed by atoms with Crippen LogP contribution in [0.15, 0.2) is 0 Å². The van der Waals surface area contributed by atoms with Crippen molar-refractivity contribution in [2.45, 2.75) is 25.4 Å². The first-order chi connectivity index (χ1) is 5.20. The monoisotopic (exact) mass is 156 g/mol. The van der Waals surface area contributed by atoms with E-state index < -0.39 is 6.10 Å². The van der Waals surface area contributed by atoms with Crippen LogP contribution in [0.3, 0.4) is 0 Å². The first-order valence-electron chi connectivity index (χ1n) is 3.41. The Labute approximate surface area is 66.4 Å². The molecule has 0 aliphatic rings. The molecular formula is C8H12O3. The van der Waals surface area contributed by atoms with E-state index in [9.17, 15) is 4.79 Å². The summed E-state index contributed by atoms with van der Waals surface area (Å²) in [5.41, 5.74) is 0. The molecule has 1 unspecified atom stereocenters. The van der Waals surface area contributed by atoms with Gasteiger partial charge in [0.05, 0.1) is 7.11 Å². The molecule has 0 bridgehead atoms. The topological polar surface area (TPSA) is 46.5 Å². The minimum atomic E-state index is -0.736. The number of esters is 1. The molecule has 1 atom stereocenters. The standard InChI is InChI=1S/C8H12O3/c1-3-7(9)5-4-6-8(10)11-2/h1,7,9H,4-6H2,2H3. The van der Waals surface area contributed by atoms with E-state index in [1.807, 2.05) is 0 Å². The summed E-state index contributed by atoms with van der Waals surface area (Å²) in [7, 11) is 1.33. The fourth-order valence-corrected chi connectivity index (χ4v) is 0.625. The van der Waals surface area contributed by atoms with Crippen molar-refractivity contribution >= 4 is 5.97 Å². The number of carbonyl (C=O) groups is 1. The highest BCUT2D eigenvalue weighted by Crippen LogP contribution is 2.00. The Kier molecular flexibility index (Phi) is 5.22. The quantitative estimate of drug-likeness (QED) is 0.471. The van der Waals surface area contributed by atoms with E-state index in [0.717, 1.165) is 0 Å². The molecular weight excluding hydrogens is 144 g/mol. The summed E-state index contributed by atoms with van der Waals surface area (Å²) in [6.45, 7) is 0. The number of ether oxygens (including phenoxy) is 1. The molecule has 0 spiro atoms. The SMILES string of the molecule is C#CC(O)CCCC(=O)OC. The first kappa shape index (κ1) is 9.99. The van der Waals surface area contributed by atoms with Gasteiger partial charge in [0.1, 0.15) is 6.10 Å². The molecule has 0 aromatic rings. The molecule has 0 aliphatic heterocycles. The highest BCUT2D eigenvalue weighted by molar-refractivity contribution is 5.68. The van der Waals surface area contributed by atoms with E-state index >= 15 is 0 Å². The summed E-state index contributed by atoms with van der Waals surface area (Å²) in [4.78, 5) is 10.5. The Morgan fingerprint density at radius 2 is 2.45 bits per heavy atom. The second kappa shape index (κ2) is 5.75. The van der Waals surface area contributed by atoms with Gasteiger partial charge in [-0.1, -0.05) is 5.92 Å². The van der Waals surface area contributed by atoms with E-state index in [1.54, 1.807) is 0 Å². The largest absolute Gasteiger partial charge is 0.469 e. The molecule has 0 radical (unpaired) electrons. The minimum Gasteiger partial charge on any atom is -0.469 e. The predicted octanol–water partition coefficient (Wildman–Crippen LogP) is 0.324. The van der Waals surface area contributed by atoms with Crippen molar-refractivity contribution in [2.24, 2.45) is 0 Å². The van der Waals surface area contributed by atoms with Crippen LogP contribution in [-0.4, -0.2) is 24.3 Å². The zero-order chi connectivity index (χ0) is 8.69. The van der Waals surface area contributed by atoms with Crippen molar-refractivity contribution in [3.05, 3.63) is 0 Å². The summed E-state index contributed by atoms with van der Waals surface area (Å²) in [5.74, 6) is 1.89. The molecule has 0 amide bonds. The van der Waals surface area contributed by atoms with Crippen LogP contribution in [0.2, 0.25) is 0 Å². The predicted molar refractivity (Wildman–Crippen MR) is 40.7 cm³/mol. The molecule has 62 valence electrons. The average molecular weight is 156 g/mol. The van der Waals surface area contributed by atoms with Gasteiger partial charge >= 0.3 is 5.97 Å². The van der Waals surface area contributed by atoms with Crippen LogP contribution in [0.1, 0.15) is 19.3 Å². The van der Waals surface area contributed by atoms with Crippen molar-refractivity contribution in [3.8, 4) is 12.3 Å². The fraction of sp³-hybridized carbons (Fsp3) is 0.625. The normalized spacial score (nSPS) is 11.7. The maximum Gasteiger partial charge on any atom is 0.305 e. The lowest BCUT2D eigenvalue weighted by Gasteiger charge is -2.01. The molecule has 0 fully saturated rings. The Morgan fingerprint density at radius 1 is 1.82 bits per heavy atom. The van der Waals surface area contributed by atoms with E-state index in [-0.39, 0.29) is 5.97 Å². The third kappa shape index (κ3) is 5.43. The van der Waals surface area contributed by atoms with Crippen LogP contribution >= 0.6 is 0 Å². The van der Waals surface area contributed by atoms with Gasteiger partial charge in [-0.15, -0.1) is 6.42 Å². The van der Waals surface area contributed by atoms with Crippen molar-refractivity contribution in [3.63, 3.8) is 0 Å². The van der Waals surface area contributed by atoms with Gasteiger partial charge in [-0.05, 0) is 12.8 Å². The zero-order valence-electron chi connectivity index (χ0n) is 6.54. The number of aliphatic hydroxyl groups excluding tert-OH is 1. The van der Waals surface area contributed by atoms with Crippen LogP contribution in [0, 0.1) is 12.3 Å². The highest BCUT2D eigenvalue weighted by atomic mass is 16.5. The van der Waals surface area contributed by atoms with Gasteiger partial charge < -0.3 is 9.84 Å². The van der Waals surface area contributed by atoms with Crippen LogP contribution in [-0.2, 0) is 9.53 Å². The minimum absolute atomic E-state index is 0.269. The van der Waals surface area contributed by atoms with Crippen molar-refractivity contribution in [1.29, 1.82) is 0 Å². The molecule has 3 nitrogen and oxygen atoms in total. The van der Waals surface area contributed by atoms with Crippen molar-refractivity contribution < 1.29 is 14.6 Å². The molecule has 3 heteroatoms. The molecule has 0 saturated heterocycles.